The van der Waals surface area contributed by atoms with Gasteiger partial charge in [0.2, 0.25) is 5.95 Å². The summed E-state index contributed by atoms with van der Waals surface area (Å²) in [5, 5.41) is 3.33. The van der Waals surface area contributed by atoms with Gasteiger partial charge in [0.05, 0.1) is 6.33 Å². The second-order valence-electron chi connectivity index (χ2n) is 5.79. The second kappa shape index (κ2) is 5.00. The highest BCUT2D eigenvalue weighted by atomic mass is 15.1. The van der Waals surface area contributed by atoms with Gasteiger partial charge in [-0.3, -0.25) is 0 Å². The van der Waals surface area contributed by atoms with Crippen LogP contribution in [0.5, 0.6) is 0 Å². The van der Waals surface area contributed by atoms with E-state index in [1.54, 1.807) is 6.33 Å². The standard InChI is InChI=1S/C12H21N7/c1-12(2,6-19(3)4)5-14-9-8-10(16-7-15-8)18-11(13)17-9/h7H,5-6H2,1-4H3,(H4,13,14,15,16,17,18). The number of H-pyrrole nitrogens is 1. The molecule has 0 aliphatic heterocycles. The molecule has 0 spiro atoms. The summed E-state index contributed by atoms with van der Waals surface area (Å²) < 4.78 is 0. The normalized spacial score (nSPS) is 12.3. The molecular weight excluding hydrogens is 242 g/mol. The molecule has 2 aromatic rings. The Kier molecular flexibility index (Phi) is 3.57. The molecule has 0 bridgehead atoms. The summed E-state index contributed by atoms with van der Waals surface area (Å²) in [5.41, 5.74) is 7.17. The van der Waals surface area contributed by atoms with Crippen molar-refractivity contribution in [2.75, 3.05) is 38.2 Å². The van der Waals surface area contributed by atoms with Crippen LogP contribution in [0.2, 0.25) is 0 Å². The van der Waals surface area contributed by atoms with Gasteiger partial charge in [0, 0.05) is 13.1 Å². The first-order chi connectivity index (χ1) is 8.87. The van der Waals surface area contributed by atoms with E-state index in [0.29, 0.717) is 11.5 Å². The molecular formula is C12H21N7. The molecule has 104 valence electrons. The number of aromatic amines is 1. The number of fused-ring (bicyclic) bond motifs is 1. The van der Waals surface area contributed by atoms with Crippen molar-refractivity contribution in [3.8, 4) is 0 Å². The van der Waals surface area contributed by atoms with Crippen LogP contribution < -0.4 is 11.1 Å². The third-order valence-corrected chi connectivity index (χ3v) is 2.78. The van der Waals surface area contributed by atoms with E-state index < -0.39 is 0 Å². The molecule has 0 aliphatic carbocycles. The van der Waals surface area contributed by atoms with Crippen LogP contribution in [0.25, 0.3) is 11.2 Å². The number of hydrogen-bond acceptors (Lipinski definition) is 6. The molecule has 0 amide bonds. The molecule has 7 nitrogen and oxygen atoms in total. The zero-order valence-corrected chi connectivity index (χ0v) is 11.9. The fourth-order valence-corrected chi connectivity index (χ4v) is 2.21. The van der Waals surface area contributed by atoms with Crippen LogP contribution >= 0.6 is 0 Å². The van der Waals surface area contributed by atoms with E-state index in [0.717, 1.165) is 18.6 Å². The first kappa shape index (κ1) is 13.5. The van der Waals surface area contributed by atoms with E-state index in [4.69, 9.17) is 5.73 Å². The van der Waals surface area contributed by atoms with Gasteiger partial charge in [-0.2, -0.15) is 9.97 Å². The minimum Gasteiger partial charge on any atom is -0.368 e. The fraction of sp³-hybridized carbons (Fsp3) is 0.583. The lowest BCUT2D eigenvalue weighted by molar-refractivity contribution is 0.254. The van der Waals surface area contributed by atoms with Gasteiger partial charge in [0.25, 0.3) is 0 Å². The van der Waals surface area contributed by atoms with Gasteiger partial charge in [-0.1, -0.05) is 13.8 Å². The Labute approximate surface area is 112 Å². The second-order valence-corrected chi connectivity index (χ2v) is 5.79. The summed E-state index contributed by atoms with van der Waals surface area (Å²) in [4.78, 5) is 17.6. The molecule has 19 heavy (non-hydrogen) atoms. The van der Waals surface area contributed by atoms with Gasteiger partial charge < -0.3 is 20.9 Å². The first-order valence-electron chi connectivity index (χ1n) is 6.22. The Bertz CT molecular complexity index is 558. The summed E-state index contributed by atoms with van der Waals surface area (Å²) in [5.74, 6) is 0.930. The maximum absolute atomic E-state index is 5.68. The van der Waals surface area contributed by atoms with Crippen molar-refractivity contribution in [2.24, 2.45) is 5.41 Å². The molecule has 2 heterocycles. The van der Waals surface area contributed by atoms with Crippen molar-refractivity contribution in [3.05, 3.63) is 6.33 Å². The molecule has 0 saturated carbocycles. The molecule has 0 radical (unpaired) electrons. The zero-order chi connectivity index (χ0) is 14.0. The van der Waals surface area contributed by atoms with Crippen LogP contribution in [-0.2, 0) is 0 Å². The highest BCUT2D eigenvalue weighted by Crippen LogP contribution is 2.21. The third-order valence-electron chi connectivity index (χ3n) is 2.78. The van der Waals surface area contributed by atoms with Crippen molar-refractivity contribution in [1.82, 2.24) is 24.8 Å². The van der Waals surface area contributed by atoms with E-state index in [2.05, 4.69) is 58.1 Å². The lowest BCUT2D eigenvalue weighted by Crippen LogP contribution is -2.34. The smallest absolute Gasteiger partial charge is 0.224 e. The van der Waals surface area contributed by atoms with Crippen LogP contribution in [-0.4, -0.2) is 52.0 Å². The highest BCUT2D eigenvalue weighted by Gasteiger charge is 2.19. The van der Waals surface area contributed by atoms with Crippen molar-refractivity contribution in [1.29, 1.82) is 0 Å². The van der Waals surface area contributed by atoms with Gasteiger partial charge >= 0.3 is 0 Å². The molecule has 4 N–H and O–H groups in total. The van der Waals surface area contributed by atoms with Gasteiger partial charge in [0.15, 0.2) is 11.5 Å². The van der Waals surface area contributed by atoms with Gasteiger partial charge in [-0.05, 0) is 19.5 Å². The molecule has 0 aromatic carbocycles. The van der Waals surface area contributed by atoms with Crippen LogP contribution in [0.3, 0.4) is 0 Å². The maximum Gasteiger partial charge on any atom is 0.224 e. The zero-order valence-electron chi connectivity index (χ0n) is 11.9. The highest BCUT2D eigenvalue weighted by molar-refractivity contribution is 5.83. The number of nitrogens with zero attached hydrogens (tertiary/aromatic N) is 4. The molecule has 0 unspecified atom stereocenters. The summed E-state index contributed by atoms with van der Waals surface area (Å²) in [6.07, 6.45) is 1.59. The van der Waals surface area contributed by atoms with Crippen LogP contribution in [0.15, 0.2) is 6.33 Å². The quantitative estimate of drug-likeness (QED) is 0.743. The van der Waals surface area contributed by atoms with Crippen LogP contribution in [0, 0.1) is 5.41 Å². The van der Waals surface area contributed by atoms with Crippen LogP contribution in [0.4, 0.5) is 11.8 Å². The van der Waals surface area contributed by atoms with Gasteiger partial charge in [0.1, 0.15) is 5.52 Å². The predicted molar refractivity (Wildman–Crippen MR) is 76.9 cm³/mol. The minimum absolute atomic E-state index is 0.121. The van der Waals surface area contributed by atoms with E-state index >= 15 is 0 Å². The summed E-state index contributed by atoms with van der Waals surface area (Å²) in [7, 11) is 4.13. The molecule has 0 saturated heterocycles. The third kappa shape index (κ3) is 3.31. The topological polar surface area (TPSA) is 95.8 Å². The molecule has 0 aliphatic rings. The number of nitrogens with one attached hydrogen (secondary N) is 2. The maximum atomic E-state index is 5.68. The molecule has 0 fully saturated rings. The van der Waals surface area contributed by atoms with Crippen molar-refractivity contribution >= 4 is 22.9 Å². The van der Waals surface area contributed by atoms with E-state index in [1.165, 1.54) is 0 Å². The Morgan fingerprint density at radius 3 is 2.79 bits per heavy atom. The molecule has 2 rings (SSSR count). The van der Waals surface area contributed by atoms with Gasteiger partial charge in [-0.15, -0.1) is 0 Å². The lowest BCUT2D eigenvalue weighted by Gasteiger charge is -2.28. The largest absolute Gasteiger partial charge is 0.368 e. The number of imidazole rings is 1. The number of anilines is 2. The van der Waals surface area contributed by atoms with E-state index in [-0.39, 0.29) is 11.4 Å². The average Bonchev–Trinajstić information content (AvgIpc) is 2.71. The summed E-state index contributed by atoms with van der Waals surface area (Å²) >= 11 is 0. The first-order valence-corrected chi connectivity index (χ1v) is 6.22. The Morgan fingerprint density at radius 2 is 2.11 bits per heavy atom. The lowest BCUT2D eigenvalue weighted by atomic mass is 9.93. The number of aromatic nitrogens is 4. The molecule has 2 aromatic heterocycles. The number of hydrogen-bond donors (Lipinski definition) is 3. The van der Waals surface area contributed by atoms with Crippen LogP contribution in [0.1, 0.15) is 13.8 Å². The van der Waals surface area contributed by atoms with Crippen molar-refractivity contribution < 1.29 is 0 Å². The number of nitrogen functional groups attached to an aromatic ring is 1. The number of rotatable bonds is 5. The SMILES string of the molecule is CN(C)CC(C)(C)CNc1nc(N)nc2nc[nH]c12. The average molecular weight is 263 g/mol. The molecule has 0 atom stereocenters. The number of nitrogens with two attached hydrogens (primary N) is 1. The Hall–Kier alpha value is -1.89. The van der Waals surface area contributed by atoms with Gasteiger partial charge in [-0.25, -0.2) is 4.98 Å². The van der Waals surface area contributed by atoms with E-state index in [1.807, 2.05) is 0 Å². The van der Waals surface area contributed by atoms with Crippen molar-refractivity contribution in [3.63, 3.8) is 0 Å². The fourth-order valence-electron chi connectivity index (χ4n) is 2.21. The van der Waals surface area contributed by atoms with Crippen molar-refractivity contribution in [2.45, 2.75) is 13.8 Å². The Balaban J connectivity index is 2.15. The summed E-state index contributed by atoms with van der Waals surface area (Å²) in [6, 6.07) is 0. The monoisotopic (exact) mass is 263 g/mol. The Morgan fingerprint density at radius 1 is 1.37 bits per heavy atom. The molecule has 7 heteroatoms. The minimum atomic E-state index is 0.121. The van der Waals surface area contributed by atoms with E-state index in [9.17, 15) is 0 Å². The summed E-state index contributed by atoms with van der Waals surface area (Å²) in [6.45, 7) is 6.17. The predicted octanol–water partition coefficient (Wildman–Crippen LogP) is 0.935.